The molecular formula is C17H22N4O. The number of anilines is 2. The molecule has 0 saturated heterocycles. The van der Waals surface area contributed by atoms with E-state index in [0.717, 1.165) is 42.0 Å². The number of benzene rings is 1. The maximum absolute atomic E-state index is 13.0. The Morgan fingerprint density at radius 2 is 2.14 bits per heavy atom. The number of aryl methyl sites for hydroxylation is 1. The molecule has 1 aromatic heterocycles. The van der Waals surface area contributed by atoms with E-state index in [2.05, 4.69) is 18.9 Å². The van der Waals surface area contributed by atoms with E-state index in [1.807, 2.05) is 36.2 Å². The van der Waals surface area contributed by atoms with Gasteiger partial charge in [0.1, 0.15) is 5.69 Å². The van der Waals surface area contributed by atoms with Crippen LogP contribution in [0.4, 0.5) is 11.4 Å². The highest BCUT2D eigenvalue weighted by Crippen LogP contribution is 2.32. The molecule has 5 nitrogen and oxygen atoms in total. The number of nitrogens with two attached hydrogens (primary N) is 1. The summed E-state index contributed by atoms with van der Waals surface area (Å²) in [4.78, 5) is 14.8. The lowest BCUT2D eigenvalue weighted by molar-refractivity contribution is 0.0976. The Kier molecular flexibility index (Phi) is 3.64. The molecule has 1 aliphatic heterocycles. The molecule has 0 spiro atoms. The van der Waals surface area contributed by atoms with E-state index in [1.165, 1.54) is 0 Å². The number of carbonyl (C=O) groups is 1. The predicted molar refractivity (Wildman–Crippen MR) is 88.1 cm³/mol. The molecule has 3 rings (SSSR count). The van der Waals surface area contributed by atoms with E-state index in [1.54, 1.807) is 4.68 Å². The van der Waals surface area contributed by atoms with Crippen LogP contribution in [0, 0.1) is 0 Å². The number of amides is 1. The van der Waals surface area contributed by atoms with Gasteiger partial charge < -0.3 is 10.6 Å². The van der Waals surface area contributed by atoms with Crippen LogP contribution in [0.3, 0.4) is 0 Å². The van der Waals surface area contributed by atoms with Gasteiger partial charge in [0, 0.05) is 25.0 Å². The number of nitrogen functional groups attached to an aromatic ring is 1. The maximum Gasteiger partial charge on any atom is 0.276 e. The van der Waals surface area contributed by atoms with Crippen LogP contribution in [-0.2, 0) is 13.5 Å². The van der Waals surface area contributed by atoms with Gasteiger partial charge in [0.15, 0.2) is 0 Å². The fourth-order valence-electron chi connectivity index (χ4n) is 2.97. The van der Waals surface area contributed by atoms with Crippen LogP contribution in [-0.4, -0.2) is 22.2 Å². The first kappa shape index (κ1) is 14.6. The summed E-state index contributed by atoms with van der Waals surface area (Å²) in [6.07, 6.45) is 1.86. The Morgan fingerprint density at radius 3 is 2.82 bits per heavy atom. The van der Waals surface area contributed by atoms with Crippen LogP contribution < -0.4 is 10.6 Å². The summed E-state index contributed by atoms with van der Waals surface area (Å²) in [7, 11) is 1.82. The van der Waals surface area contributed by atoms with Crippen molar-refractivity contribution >= 4 is 17.3 Å². The minimum Gasteiger partial charge on any atom is -0.398 e. The van der Waals surface area contributed by atoms with Crippen molar-refractivity contribution in [1.29, 1.82) is 0 Å². The molecule has 2 N–H and O–H groups in total. The van der Waals surface area contributed by atoms with Crippen molar-refractivity contribution in [2.45, 2.75) is 32.6 Å². The predicted octanol–water partition coefficient (Wildman–Crippen LogP) is 2.72. The third-order valence-corrected chi connectivity index (χ3v) is 4.24. The molecule has 0 bridgehead atoms. The lowest BCUT2D eigenvalue weighted by atomic mass is 9.99. The van der Waals surface area contributed by atoms with Crippen molar-refractivity contribution < 1.29 is 4.79 Å². The van der Waals surface area contributed by atoms with E-state index in [4.69, 9.17) is 5.73 Å². The van der Waals surface area contributed by atoms with Gasteiger partial charge >= 0.3 is 0 Å². The highest BCUT2D eigenvalue weighted by molar-refractivity contribution is 6.06. The first-order valence-corrected chi connectivity index (χ1v) is 7.72. The average Bonchev–Trinajstić information content (AvgIpc) is 2.89. The van der Waals surface area contributed by atoms with E-state index in [9.17, 15) is 4.79 Å². The van der Waals surface area contributed by atoms with Crippen molar-refractivity contribution in [3.8, 4) is 0 Å². The quantitative estimate of drug-likeness (QED) is 0.867. The Morgan fingerprint density at radius 1 is 1.36 bits per heavy atom. The molecular weight excluding hydrogens is 276 g/mol. The highest BCUT2D eigenvalue weighted by atomic mass is 16.2. The van der Waals surface area contributed by atoms with Crippen molar-refractivity contribution in [2.24, 2.45) is 7.05 Å². The largest absolute Gasteiger partial charge is 0.398 e. The molecule has 1 aromatic carbocycles. The first-order valence-electron chi connectivity index (χ1n) is 7.72. The van der Waals surface area contributed by atoms with Gasteiger partial charge in [-0.3, -0.25) is 9.48 Å². The van der Waals surface area contributed by atoms with Gasteiger partial charge in [0.2, 0.25) is 0 Å². The van der Waals surface area contributed by atoms with Crippen molar-refractivity contribution in [2.75, 3.05) is 17.2 Å². The van der Waals surface area contributed by atoms with E-state index in [0.29, 0.717) is 11.6 Å². The van der Waals surface area contributed by atoms with Crippen LogP contribution in [0.5, 0.6) is 0 Å². The summed E-state index contributed by atoms with van der Waals surface area (Å²) in [5, 5.41) is 4.44. The third kappa shape index (κ3) is 2.36. The summed E-state index contributed by atoms with van der Waals surface area (Å²) in [5.41, 5.74) is 10.4. The summed E-state index contributed by atoms with van der Waals surface area (Å²) in [6.45, 7) is 4.87. The summed E-state index contributed by atoms with van der Waals surface area (Å²) in [6, 6.07) is 7.67. The second-order valence-corrected chi connectivity index (χ2v) is 6.14. The summed E-state index contributed by atoms with van der Waals surface area (Å²) < 4.78 is 1.68. The van der Waals surface area contributed by atoms with Gasteiger partial charge in [-0.05, 0) is 42.5 Å². The van der Waals surface area contributed by atoms with Crippen molar-refractivity contribution in [3.05, 3.63) is 41.2 Å². The van der Waals surface area contributed by atoms with Crippen LogP contribution in [0.25, 0.3) is 0 Å². The smallest absolute Gasteiger partial charge is 0.276 e. The molecule has 0 saturated carbocycles. The minimum atomic E-state index is -0.00606. The minimum absolute atomic E-state index is 0.00606. The Labute approximate surface area is 130 Å². The average molecular weight is 298 g/mol. The van der Waals surface area contributed by atoms with Crippen LogP contribution in [0.2, 0.25) is 0 Å². The molecule has 2 aromatic rings. The zero-order chi connectivity index (χ0) is 15.9. The zero-order valence-electron chi connectivity index (χ0n) is 13.3. The molecule has 0 fully saturated rings. The second-order valence-electron chi connectivity index (χ2n) is 6.14. The van der Waals surface area contributed by atoms with Gasteiger partial charge in [-0.15, -0.1) is 0 Å². The zero-order valence-corrected chi connectivity index (χ0v) is 13.3. The first-order chi connectivity index (χ1) is 10.5. The van der Waals surface area contributed by atoms with Crippen molar-refractivity contribution in [3.63, 3.8) is 0 Å². The normalized spacial score (nSPS) is 14.3. The van der Waals surface area contributed by atoms with E-state index >= 15 is 0 Å². The van der Waals surface area contributed by atoms with Gasteiger partial charge in [0.05, 0.1) is 5.69 Å². The second kappa shape index (κ2) is 5.48. The van der Waals surface area contributed by atoms with Crippen LogP contribution >= 0.6 is 0 Å². The molecule has 5 heteroatoms. The molecule has 0 unspecified atom stereocenters. The molecule has 0 radical (unpaired) electrons. The summed E-state index contributed by atoms with van der Waals surface area (Å²) in [5.74, 6) is 0.297. The Bertz CT molecular complexity index is 717. The fourth-order valence-corrected chi connectivity index (χ4v) is 2.97. The molecule has 0 aliphatic carbocycles. The Hall–Kier alpha value is -2.30. The van der Waals surface area contributed by atoms with Gasteiger partial charge in [-0.25, -0.2) is 0 Å². The number of hydrogen-bond acceptors (Lipinski definition) is 3. The van der Waals surface area contributed by atoms with Crippen LogP contribution in [0.1, 0.15) is 47.9 Å². The maximum atomic E-state index is 13.0. The monoisotopic (exact) mass is 298 g/mol. The SMILES string of the molecule is CC(C)c1cc(C(=O)N2CCCc3c(N)cccc32)n(C)n1. The van der Waals surface area contributed by atoms with Gasteiger partial charge in [-0.1, -0.05) is 19.9 Å². The number of hydrogen-bond donors (Lipinski definition) is 1. The number of aromatic nitrogens is 2. The molecule has 0 atom stereocenters. The number of carbonyl (C=O) groups excluding carboxylic acids is 1. The number of nitrogens with zero attached hydrogens (tertiary/aromatic N) is 3. The lowest BCUT2D eigenvalue weighted by Gasteiger charge is -2.30. The molecule has 2 heterocycles. The number of fused-ring (bicyclic) bond motifs is 1. The van der Waals surface area contributed by atoms with E-state index in [-0.39, 0.29) is 5.91 Å². The van der Waals surface area contributed by atoms with E-state index < -0.39 is 0 Å². The summed E-state index contributed by atoms with van der Waals surface area (Å²) >= 11 is 0. The topological polar surface area (TPSA) is 64.2 Å². The third-order valence-electron chi connectivity index (χ3n) is 4.24. The van der Waals surface area contributed by atoms with Gasteiger partial charge in [-0.2, -0.15) is 5.10 Å². The number of rotatable bonds is 2. The Balaban J connectivity index is 1.99. The molecule has 22 heavy (non-hydrogen) atoms. The molecule has 116 valence electrons. The molecule has 1 amide bonds. The van der Waals surface area contributed by atoms with Gasteiger partial charge in [0.25, 0.3) is 5.91 Å². The standard InChI is InChI=1S/C17H22N4O/c1-11(2)14-10-16(20(3)19-14)17(22)21-9-5-6-12-13(18)7-4-8-15(12)21/h4,7-8,10-11H,5-6,9,18H2,1-3H3. The molecule has 1 aliphatic rings. The highest BCUT2D eigenvalue weighted by Gasteiger charge is 2.27. The lowest BCUT2D eigenvalue weighted by Crippen LogP contribution is -2.36. The van der Waals surface area contributed by atoms with Crippen LogP contribution in [0.15, 0.2) is 24.3 Å². The fraction of sp³-hybridized carbons (Fsp3) is 0.412. The van der Waals surface area contributed by atoms with Crippen molar-refractivity contribution in [1.82, 2.24) is 9.78 Å².